The molecular formula is C10H16N6O2. The van der Waals surface area contributed by atoms with E-state index in [1.807, 2.05) is 0 Å². The second-order valence-corrected chi connectivity index (χ2v) is 3.97. The lowest BCUT2D eigenvalue weighted by atomic mass is 10.1. The van der Waals surface area contributed by atoms with Crippen molar-refractivity contribution >= 4 is 23.0 Å². The Morgan fingerprint density at radius 2 is 2.06 bits per heavy atom. The quantitative estimate of drug-likeness (QED) is 0.588. The predicted molar refractivity (Wildman–Crippen MR) is 66.5 cm³/mol. The number of nitrogens with two attached hydrogens (primary N) is 2. The van der Waals surface area contributed by atoms with Gasteiger partial charge in [0.1, 0.15) is 17.9 Å². The number of nitrogen functional groups attached to an aromatic ring is 1. The average Bonchev–Trinajstić information content (AvgIpc) is 2.78. The van der Waals surface area contributed by atoms with Crippen LogP contribution in [0.1, 0.15) is 13.8 Å². The standard InChI is InChI=1S/C5H5N5.C5H11NO2/c6-4-3-5(9-1-7-3)10-2-8-4;1-3(2)4(6)5(7)8/h1-2H,(H3,6,7,8,9,10);3-4H,6H2,1-2H3,(H,7,8)/t;4-/m.0/s1. The molecule has 0 unspecified atom stereocenters. The molecule has 0 saturated heterocycles. The number of carbonyl (C=O) groups is 1. The van der Waals surface area contributed by atoms with Gasteiger partial charge in [-0.2, -0.15) is 0 Å². The molecule has 1 atom stereocenters. The van der Waals surface area contributed by atoms with Crippen LogP contribution in [0.2, 0.25) is 0 Å². The maximum atomic E-state index is 10.0. The van der Waals surface area contributed by atoms with Gasteiger partial charge in [-0.1, -0.05) is 13.8 Å². The molecule has 0 radical (unpaired) electrons. The zero-order valence-corrected chi connectivity index (χ0v) is 10.2. The molecular weight excluding hydrogens is 236 g/mol. The number of fused-ring (bicyclic) bond motifs is 1. The first kappa shape index (κ1) is 13.8. The highest BCUT2D eigenvalue weighted by Crippen LogP contribution is 2.09. The van der Waals surface area contributed by atoms with E-state index in [0.29, 0.717) is 17.0 Å². The zero-order valence-electron chi connectivity index (χ0n) is 10.2. The van der Waals surface area contributed by atoms with Crippen LogP contribution >= 0.6 is 0 Å². The van der Waals surface area contributed by atoms with Crippen LogP contribution in [-0.2, 0) is 4.79 Å². The van der Waals surface area contributed by atoms with Crippen molar-refractivity contribution in [3.8, 4) is 0 Å². The van der Waals surface area contributed by atoms with E-state index in [1.54, 1.807) is 13.8 Å². The van der Waals surface area contributed by atoms with Gasteiger partial charge in [0.05, 0.1) is 6.33 Å². The molecule has 0 spiro atoms. The zero-order chi connectivity index (χ0) is 13.7. The van der Waals surface area contributed by atoms with Crippen LogP contribution in [-0.4, -0.2) is 37.1 Å². The fourth-order valence-electron chi connectivity index (χ4n) is 1.07. The molecule has 2 aromatic rings. The van der Waals surface area contributed by atoms with Gasteiger partial charge < -0.3 is 21.6 Å². The molecule has 8 nitrogen and oxygen atoms in total. The SMILES string of the molecule is CC(C)[C@H](N)C(=O)O.Nc1ncnc2nc[nH]c12. The van der Waals surface area contributed by atoms with Crippen LogP contribution in [0.15, 0.2) is 12.7 Å². The fraction of sp³-hybridized carbons (Fsp3) is 0.400. The molecule has 0 fully saturated rings. The minimum atomic E-state index is -0.931. The molecule has 0 saturated carbocycles. The normalized spacial score (nSPS) is 12.0. The minimum absolute atomic E-state index is 0.0208. The number of carboxylic acid groups (broad SMARTS) is 1. The van der Waals surface area contributed by atoms with Crippen LogP contribution in [0.5, 0.6) is 0 Å². The predicted octanol–water partition coefficient (Wildman–Crippen LogP) is -0.0106. The van der Waals surface area contributed by atoms with E-state index in [2.05, 4.69) is 19.9 Å². The largest absolute Gasteiger partial charge is 0.480 e. The molecule has 98 valence electrons. The van der Waals surface area contributed by atoms with Crippen LogP contribution < -0.4 is 11.5 Å². The number of aliphatic carboxylic acids is 1. The van der Waals surface area contributed by atoms with Gasteiger partial charge in [0.2, 0.25) is 0 Å². The molecule has 2 heterocycles. The molecule has 0 aliphatic heterocycles. The van der Waals surface area contributed by atoms with Crippen molar-refractivity contribution < 1.29 is 9.90 Å². The Balaban J connectivity index is 0.000000187. The highest BCUT2D eigenvalue weighted by Gasteiger charge is 2.14. The van der Waals surface area contributed by atoms with E-state index in [4.69, 9.17) is 16.6 Å². The summed E-state index contributed by atoms with van der Waals surface area (Å²) in [6.07, 6.45) is 2.92. The first-order valence-corrected chi connectivity index (χ1v) is 5.31. The second kappa shape index (κ2) is 5.92. The third-order valence-corrected chi connectivity index (χ3v) is 2.26. The molecule has 18 heavy (non-hydrogen) atoms. The Morgan fingerprint density at radius 1 is 1.39 bits per heavy atom. The molecule has 6 N–H and O–H groups in total. The molecule has 0 aliphatic rings. The summed E-state index contributed by atoms with van der Waals surface area (Å²) in [6.45, 7) is 3.55. The number of rotatable bonds is 2. The van der Waals surface area contributed by atoms with Crippen LogP contribution in [0.25, 0.3) is 11.2 Å². The number of hydrogen-bond acceptors (Lipinski definition) is 6. The van der Waals surface area contributed by atoms with Gasteiger partial charge in [0.25, 0.3) is 0 Å². The Labute approximate surface area is 103 Å². The summed E-state index contributed by atoms with van der Waals surface area (Å²) < 4.78 is 0. The molecule has 2 rings (SSSR count). The Hall–Kier alpha value is -2.22. The third-order valence-electron chi connectivity index (χ3n) is 2.26. The summed E-state index contributed by atoms with van der Waals surface area (Å²) in [5, 5.41) is 8.23. The highest BCUT2D eigenvalue weighted by atomic mass is 16.4. The molecule has 2 aromatic heterocycles. The van der Waals surface area contributed by atoms with Gasteiger partial charge in [-0.05, 0) is 5.92 Å². The van der Waals surface area contributed by atoms with E-state index in [0.717, 1.165) is 0 Å². The van der Waals surface area contributed by atoms with Gasteiger partial charge in [0.15, 0.2) is 11.5 Å². The first-order valence-electron chi connectivity index (χ1n) is 5.31. The number of H-pyrrole nitrogens is 1. The van der Waals surface area contributed by atoms with E-state index >= 15 is 0 Å². The summed E-state index contributed by atoms with van der Waals surface area (Å²) in [6, 6.07) is -0.713. The molecule has 0 aromatic carbocycles. The molecule has 0 bridgehead atoms. The number of anilines is 1. The Bertz CT molecular complexity index is 524. The molecule has 0 aliphatic carbocycles. The monoisotopic (exact) mass is 252 g/mol. The van der Waals surface area contributed by atoms with E-state index in [9.17, 15) is 4.79 Å². The van der Waals surface area contributed by atoms with Crippen molar-refractivity contribution in [1.82, 2.24) is 19.9 Å². The van der Waals surface area contributed by atoms with Crippen molar-refractivity contribution in [2.24, 2.45) is 11.7 Å². The Morgan fingerprint density at radius 3 is 2.50 bits per heavy atom. The second-order valence-electron chi connectivity index (χ2n) is 3.97. The highest BCUT2D eigenvalue weighted by molar-refractivity contribution is 5.80. The first-order chi connectivity index (χ1) is 8.43. The minimum Gasteiger partial charge on any atom is -0.480 e. The van der Waals surface area contributed by atoms with Gasteiger partial charge in [-0.25, -0.2) is 15.0 Å². The summed E-state index contributed by atoms with van der Waals surface area (Å²) in [4.78, 5) is 24.4. The van der Waals surface area contributed by atoms with Crippen molar-refractivity contribution in [2.45, 2.75) is 19.9 Å². The summed E-state index contributed by atoms with van der Waals surface area (Å²) in [5.74, 6) is -0.477. The lowest BCUT2D eigenvalue weighted by molar-refractivity contribution is -0.139. The number of aromatic nitrogens is 4. The summed E-state index contributed by atoms with van der Waals surface area (Å²) in [7, 11) is 0. The number of aromatic amines is 1. The fourth-order valence-corrected chi connectivity index (χ4v) is 1.07. The Kier molecular flexibility index (Phi) is 4.55. The smallest absolute Gasteiger partial charge is 0.320 e. The number of nitrogens with zero attached hydrogens (tertiary/aromatic N) is 3. The van der Waals surface area contributed by atoms with Gasteiger partial charge in [0, 0.05) is 0 Å². The van der Waals surface area contributed by atoms with Gasteiger partial charge >= 0.3 is 5.97 Å². The topological polar surface area (TPSA) is 144 Å². The van der Waals surface area contributed by atoms with Crippen molar-refractivity contribution in [2.75, 3.05) is 5.73 Å². The number of carboxylic acids is 1. The summed E-state index contributed by atoms with van der Waals surface area (Å²) in [5.41, 5.74) is 11.9. The van der Waals surface area contributed by atoms with Crippen LogP contribution in [0, 0.1) is 5.92 Å². The van der Waals surface area contributed by atoms with Crippen LogP contribution in [0.3, 0.4) is 0 Å². The van der Waals surface area contributed by atoms with Gasteiger partial charge in [-0.15, -0.1) is 0 Å². The van der Waals surface area contributed by atoms with E-state index < -0.39 is 12.0 Å². The number of nitrogens with one attached hydrogen (secondary N) is 1. The lowest BCUT2D eigenvalue weighted by Crippen LogP contribution is -2.34. The van der Waals surface area contributed by atoms with Crippen molar-refractivity contribution in [3.05, 3.63) is 12.7 Å². The van der Waals surface area contributed by atoms with E-state index in [-0.39, 0.29) is 5.92 Å². The number of imidazole rings is 1. The molecule has 0 amide bonds. The number of hydrogen-bond donors (Lipinski definition) is 4. The lowest BCUT2D eigenvalue weighted by Gasteiger charge is -2.07. The van der Waals surface area contributed by atoms with Crippen molar-refractivity contribution in [3.63, 3.8) is 0 Å². The average molecular weight is 252 g/mol. The summed E-state index contributed by atoms with van der Waals surface area (Å²) >= 11 is 0. The van der Waals surface area contributed by atoms with Crippen molar-refractivity contribution in [1.29, 1.82) is 0 Å². The maximum absolute atomic E-state index is 10.0. The van der Waals surface area contributed by atoms with Gasteiger partial charge in [-0.3, -0.25) is 4.79 Å². The third kappa shape index (κ3) is 3.39. The van der Waals surface area contributed by atoms with E-state index in [1.165, 1.54) is 12.7 Å². The maximum Gasteiger partial charge on any atom is 0.320 e. The molecule has 8 heteroatoms. The van der Waals surface area contributed by atoms with Crippen LogP contribution in [0.4, 0.5) is 5.82 Å².